The van der Waals surface area contributed by atoms with Crippen molar-refractivity contribution < 1.29 is 18.3 Å². The average Bonchev–Trinajstić information content (AvgIpc) is 2.08. The van der Waals surface area contributed by atoms with E-state index in [1.54, 1.807) is 6.07 Å². The summed E-state index contributed by atoms with van der Waals surface area (Å²) < 4.78 is 35.4. The van der Waals surface area contributed by atoms with Gasteiger partial charge in [0.1, 0.15) is 0 Å². The van der Waals surface area contributed by atoms with Crippen molar-refractivity contribution in [2.45, 2.75) is 6.18 Å². The van der Waals surface area contributed by atoms with Crippen LogP contribution in [0.5, 0.6) is 0 Å². The Morgan fingerprint density at radius 3 is 1.67 bits per heavy atom. The molecule has 1 nitrogen and oxygen atoms in total. The van der Waals surface area contributed by atoms with E-state index >= 15 is 0 Å². The van der Waals surface area contributed by atoms with E-state index in [9.17, 15) is 13.2 Å². The van der Waals surface area contributed by atoms with Gasteiger partial charge in [-0.15, -0.1) is 0 Å². The predicted octanol–water partition coefficient (Wildman–Crippen LogP) is 2.31. The van der Waals surface area contributed by atoms with Crippen LogP contribution in [0.15, 0.2) is 30.3 Å². The van der Waals surface area contributed by atoms with Gasteiger partial charge in [-0.3, -0.25) is 0 Å². The van der Waals surface area contributed by atoms with E-state index in [1.807, 2.05) is 0 Å². The van der Waals surface area contributed by atoms with Crippen LogP contribution in [0, 0.1) is 0 Å². The summed E-state index contributed by atoms with van der Waals surface area (Å²) in [6.07, 6.45) is -4.21. The Morgan fingerprint density at radius 1 is 1.00 bits per heavy atom. The van der Waals surface area contributed by atoms with Crippen molar-refractivity contribution in [2.75, 3.05) is 7.11 Å². The van der Waals surface area contributed by atoms with Crippen LogP contribution >= 0.6 is 0 Å². The normalized spacial score (nSPS) is 10.1. The predicted molar refractivity (Wildman–Crippen MR) is 39.6 cm³/mol. The second-order valence-electron chi connectivity index (χ2n) is 1.86. The number of halogens is 3. The third-order valence-electron chi connectivity index (χ3n) is 1.10. The molecule has 4 heteroatoms. The number of aliphatic hydroxyl groups excluding tert-OH is 1. The summed E-state index contributed by atoms with van der Waals surface area (Å²) in [5.41, 5.74) is -0.602. The molecule has 0 bridgehead atoms. The van der Waals surface area contributed by atoms with E-state index in [2.05, 4.69) is 0 Å². The van der Waals surface area contributed by atoms with Gasteiger partial charge < -0.3 is 5.11 Å². The molecule has 0 aliphatic rings. The SMILES string of the molecule is CO.FC(F)(F)c1ccccc1. The minimum absolute atomic E-state index is 0.602. The molecule has 0 radical (unpaired) electrons. The van der Waals surface area contributed by atoms with E-state index in [4.69, 9.17) is 5.11 Å². The Morgan fingerprint density at radius 2 is 1.42 bits per heavy atom. The van der Waals surface area contributed by atoms with Gasteiger partial charge in [-0.25, -0.2) is 0 Å². The zero-order valence-corrected chi connectivity index (χ0v) is 6.47. The Bertz CT molecular complexity index is 205. The molecule has 0 atom stereocenters. The summed E-state index contributed by atoms with van der Waals surface area (Å²) in [5, 5.41) is 7.00. The van der Waals surface area contributed by atoms with Crippen LogP contribution in [0.3, 0.4) is 0 Å². The van der Waals surface area contributed by atoms with Crippen LogP contribution < -0.4 is 0 Å². The molecule has 1 rings (SSSR count). The first kappa shape index (κ1) is 11.0. The minimum Gasteiger partial charge on any atom is -0.400 e. The maximum Gasteiger partial charge on any atom is 0.416 e. The molecule has 0 aliphatic carbocycles. The molecule has 0 saturated heterocycles. The number of alkyl halides is 3. The van der Waals surface area contributed by atoms with Crippen LogP contribution in [0.1, 0.15) is 5.56 Å². The molecule has 0 saturated carbocycles. The highest BCUT2D eigenvalue weighted by Gasteiger charge is 2.29. The van der Waals surface area contributed by atoms with E-state index in [-0.39, 0.29) is 0 Å². The van der Waals surface area contributed by atoms with Gasteiger partial charge in [0.2, 0.25) is 0 Å². The van der Waals surface area contributed by atoms with Gasteiger partial charge in [0, 0.05) is 7.11 Å². The largest absolute Gasteiger partial charge is 0.416 e. The lowest BCUT2D eigenvalue weighted by Gasteiger charge is -2.03. The van der Waals surface area contributed by atoms with Crippen molar-refractivity contribution in [3.05, 3.63) is 35.9 Å². The number of hydrogen-bond acceptors (Lipinski definition) is 1. The van der Waals surface area contributed by atoms with Crippen molar-refractivity contribution in [2.24, 2.45) is 0 Å². The van der Waals surface area contributed by atoms with Crippen molar-refractivity contribution in [1.29, 1.82) is 0 Å². The highest BCUT2D eigenvalue weighted by atomic mass is 19.4. The monoisotopic (exact) mass is 178 g/mol. The smallest absolute Gasteiger partial charge is 0.400 e. The van der Waals surface area contributed by atoms with Crippen molar-refractivity contribution in [1.82, 2.24) is 0 Å². The molecule has 68 valence electrons. The Balaban J connectivity index is 0.000000561. The fraction of sp³-hybridized carbons (Fsp3) is 0.250. The summed E-state index contributed by atoms with van der Waals surface area (Å²) in [6, 6.07) is 6.36. The molecule has 0 amide bonds. The summed E-state index contributed by atoms with van der Waals surface area (Å²) in [6.45, 7) is 0. The summed E-state index contributed by atoms with van der Waals surface area (Å²) in [7, 11) is 1.00. The summed E-state index contributed by atoms with van der Waals surface area (Å²) in [4.78, 5) is 0. The van der Waals surface area contributed by atoms with Crippen LogP contribution in [0.2, 0.25) is 0 Å². The van der Waals surface area contributed by atoms with Gasteiger partial charge in [-0.2, -0.15) is 13.2 Å². The molecule has 0 aliphatic heterocycles. The topological polar surface area (TPSA) is 20.2 Å². The summed E-state index contributed by atoms with van der Waals surface area (Å²) >= 11 is 0. The highest BCUT2D eigenvalue weighted by Crippen LogP contribution is 2.28. The van der Waals surface area contributed by atoms with Gasteiger partial charge >= 0.3 is 6.18 Å². The third-order valence-corrected chi connectivity index (χ3v) is 1.10. The number of rotatable bonds is 0. The van der Waals surface area contributed by atoms with Crippen LogP contribution in [0.25, 0.3) is 0 Å². The zero-order chi connectivity index (χ0) is 9.61. The Kier molecular flexibility index (Phi) is 4.36. The van der Waals surface area contributed by atoms with Crippen LogP contribution in [0.4, 0.5) is 13.2 Å². The molecule has 0 aromatic heterocycles. The zero-order valence-electron chi connectivity index (χ0n) is 6.47. The second kappa shape index (κ2) is 4.77. The number of aliphatic hydroxyl groups is 1. The molecule has 0 unspecified atom stereocenters. The molecule has 0 spiro atoms. The van der Waals surface area contributed by atoms with Gasteiger partial charge in [-0.05, 0) is 0 Å². The van der Waals surface area contributed by atoms with Crippen LogP contribution in [-0.2, 0) is 6.18 Å². The first-order chi connectivity index (χ1) is 5.61. The third kappa shape index (κ3) is 3.39. The van der Waals surface area contributed by atoms with Gasteiger partial charge in [0.15, 0.2) is 0 Å². The van der Waals surface area contributed by atoms with Gasteiger partial charge in [-0.1, -0.05) is 30.3 Å². The average molecular weight is 178 g/mol. The van der Waals surface area contributed by atoms with E-state index < -0.39 is 11.7 Å². The molecule has 0 heterocycles. The number of hydrogen-bond donors (Lipinski definition) is 1. The highest BCUT2D eigenvalue weighted by molar-refractivity contribution is 5.17. The fourth-order valence-corrected chi connectivity index (χ4v) is 0.627. The van der Waals surface area contributed by atoms with E-state index in [0.717, 1.165) is 19.2 Å². The maximum atomic E-state index is 11.8. The lowest BCUT2D eigenvalue weighted by atomic mass is 10.2. The molecular formula is C8H9F3O. The summed E-state index contributed by atoms with van der Waals surface area (Å²) in [5.74, 6) is 0. The van der Waals surface area contributed by atoms with Crippen molar-refractivity contribution in [3.63, 3.8) is 0 Å². The molecule has 1 N–H and O–H groups in total. The first-order valence-corrected chi connectivity index (χ1v) is 3.17. The van der Waals surface area contributed by atoms with Gasteiger partial charge in [0.05, 0.1) is 5.56 Å². The standard InChI is InChI=1S/C7H5F3.CH4O/c8-7(9,10)6-4-2-1-3-5-6;1-2/h1-5H;2H,1H3. The maximum absolute atomic E-state index is 11.8. The lowest BCUT2D eigenvalue weighted by Crippen LogP contribution is -2.03. The van der Waals surface area contributed by atoms with Crippen molar-refractivity contribution in [3.8, 4) is 0 Å². The Labute approximate surface area is 68.5 Å². The quantitative estimate of drug-likeness (QED) is 0.646. The minimum atomic E-state index is -4.21. The van der Waals surface area contributed by atoms with Crippen LogP contribution in [-0.4, -0.2) is 12.2 Å². The van der Waals surface area contributed by atoms with Gasteiger partial charge in [0.25, 0.3) is 0 Å². The van der Waals surface area contributed by atoms with E-state index in [1.165, 1.54) is 12.1 Å². The second-order valence-corrected chi connectivity index (χ2v) is 1.86. The number of benzene rings is 1. The first-order valence-electron chi connectivity index (χ1n) is 3.17. The molecule has 1 aromatic rings. The molecule has 0 fully saturated rings. The van der Waals surface area contributed by atoms with E-state index in [0.29, 0.717) is 0 Å². The molecule has 1 aromatic carbocycles. The molecular weight excluding hydrogens is 169 g/mol. The lowest BCUT2D eigenvalue weighted by molar-refractivity contribution is -0.137. The fourth-order valence-electron chi connectivity index (χ4n) is 0.627. The molecule has 12 heavy (non-hydrogen) atoms. The Hall–Kier alpha value is -1.03. The van der Waals surface area contributed by atoms with Crippen molar-refractivity contribution >= 4 is 0 Å².